The van der Waals surface area contributed by atoms with E-state index in [9.17, 15) is 14.4 Å². The van der Waals surface area contributed by atoms with E-state index in [2.05, 4.69) is 10.3 Å². The SMILES string of the molecule is CCOc1ccnc(C(=O)N[C@H]2CCC[C@H](CC3CCCC3)[C@@H](OCC3CC3)[C@H](C)OC2=O)c1OCOC(=O)C(C)C. The van der Waals surface area contributed by atoms with Gasteiger partial charge in [0.15, 0.2) is 17.2 Å². The van der Waals surface area contributed by atoms with Gasteiger partial charge < -0.3 is 29.0 Å². The Bertz CT molecular complexity index is 1050. The van der Waals surface area contributed by atoms with Crippen LogP contribution in [0.15, 0.2) is 12.3 Å². The molecule has 2 aliphatic carbocycles. The van der Waals surface area contributed by atoms with Crippen LogP contribution in [0.1, 0.15) is 102 Å². The number of cyclic esters (lactones) is 1. The average molecular weight is 589 g/mol. The molecule has 0 spiro atoms. The monoisotopic (exact) mass is 588 g/mol. The van der Waals surface area contributed by atoms with Crippen LogP contribution < -0.4 is 14.8 Å². The Morgan fingerprint density at radius 3 is 2.50 bits per heavy atom. The van der Waals surface area contributed by atoms with Gasteiger partial charge >= 0.3 is 11.9 Å². The molecule has 42 heavy (non-hydrogen) atoms. The lowest BCUT2D eigenvalue weighted by atomic mass is 9.83. The predicted octanol–water partition coefficient (Wildman–Crippen LogP) is 5.22. The van der Waals surface area contributed by atoms with Crippen LogP contribution in [0.4, 0.5) is 0 Å². The number of amides is 1. The molecule has 3 fully saturated rings. The molecule has 234 valence electrons. The minimum absolute atomic E-state index is 0.0448. The first-order chi connectivity index (χ1) is 20.3. The zero-order chi connectivity index (χ0) is 30.1. The highest BCUT2D eigenvalue weighted by Crippen LogP contribution is 2.37. The predicted molar refractivity (Wildman–Crippen MR) is 155 cm³/mol. The highest BCUT2D eigenvalue weighted by atomic mass is 16.7. The Hall–Kier alpha value is -2.88. The Morgan fingerprint density at radius 2 is 1.81 bits per heavy atom. The van der Waals surface area contributed by atoms with E-state index >= 15 is 0 Å². The average Bonchev–Trinajstić information content (AvgIpc) is 3.64. The summed E-state index contributed by atoms with van der Waals surface area (Å²) in [7, 11) is 0. The van der Waals surface area contributed by atoms with Crippen LogP contribution in [0.3, 0.4) is 0 Å². The number of carbonyl (C=O) groups is 3. The Kier molecular flexibility index (Phi) is 11.9. The van der Waals surface area contributed by atoms with Gasteiger partial charge in [-0.05, 0) is 63.7 Å². The number of rotatable bonds is 13. The molecule has 0 bridgehead atoms. The maximum atomic E-state index is 13.5. The largest absolute Gasteiger partial charge is 0.490 e. The lowest BCUT2D eigenvalue weighted by molar-refractivity contribution is -0.161. The van der Waals surface area contributed by atoms with Crippen LogP contribution in [0.5, 0.6) is 11.5 Å². The topological polar surface area (TPSA) is 122 Å². The summed E-state index contributed by atoms with van der Waals surface area (Å²) in [4.78, 5) is 43.0. The van der Waals surface area contributed by atoms with Crippen LogP contribution in [-0.2, 0) is 23.8 Å². The third kappa shape index (κ3) is 9.06. The molecule has 2 heterocycles. The second-order valence-corrected chi connectivity index (χ2v) is 12.3. The van der Waals surface area contributed by atoms with E-state index in [-0.39, 0.29) is 29.2 Å². The number of hydrogen-bond acceptors (Lipinski definition) is 9. The van der Waals surface area contributed by atoms with Crippen molar-refractivity contribution in [2.75, 3.05) is 20.0 Å². The molecular formula is C32H48N2O8. The van der Waals surface area contributed by atoms with Crippen molar-refractivity contribution in [3.05, 3.63) is 18.0 Å². The van der Waals surface area contributed by atoms with Crippen LogP contribution in [0.25, 0.3) is 0 Å². The first-order valence-corrected chi connectivity index (χ1v) is 15.8. The smallest absolute Gasteiger partial charge is 0.329 e. The maximum Gasteiger partial charge on any atom is 0.329 e. The first-order valence-electron chi connectivity index (χ1n) is 15.8. The van der Waals surface area contributed by atoms with Crippen LogP contribution in [0.2, 0.25) is 0 Å². The standard InChI is InChI=1S/C32H48N2O8/c1-5-38-26-15-16-33-27(29(26)40-19-41-31(36)20(2)3)30(35)34-25-12-8-11-24(17-22-9-6-7-10-22)28(21(4)42-32(25)37)39-18-23-13-14-23/h15-16,20-25,28H,5-14,17-19H2,1-4H3,(H,34,35)/t21-,24+,25-,28-/m0/s1. The van der Waals surface area contributed by atoms with Crippen molar-refractivity contribution in [2.45, 2.75) is 110 Å². The van der Waals surface area contributed by atoms with Gasteiger partial charge in [-0.15, -0.1) is 0 Å². The van der Waals surface area contributed by atoms with Crippen LogP contribution in [-0.4, -0.2) is 61.1 Å². The van der Waals surface area contributed by atoms with E-state index in [4.69, 9.17) is 23.7 Å². The number of pyridine rings is 1. The van der Waals surface area contributed by atoms with Gasteiger partial charge in [0.25, 0.3) is 5.91 Å². The molecule has 2 saturated carbocycles. The molecule has 1 aliphatic heterocycles. The number of nitrogens with one attached hydrogen (secondary N) is 1. The van der Waals surface area contributed by atoms with E-state index in [0.717, 1.165) is 19.3 Å². The van der Waals surface area contributed by atoms with Crippen LogP contribution >= 0.6 is 0 Å². The molecule has 10 nitrogen and oxygen atoms in total. The quantitative estimate of drug-likeness (QED) is 0.244. The summed E-state index contributed by atoms with van der Waals surface area (Å²) < 4.78 is 28.9. The lowest BCUT2D eigenvalue weighted by Crippen LogP contribution is -2.44. The summed E-state index contributed by atoms with van der Waals surface area (Å²) in [6.07, 6.45) is 11.6. The number of esters is 2. The molecule has 0 aromatic carbocycles. The van der Waals surface area contributed by atoms with Gasteiger partial charge in [-0.2, -0.15) is 0 Å². The zero-order valence-electron chi connectivity index (χ0n) is 25.6. The molecule has 1 aromatic heterocycles. The molecule has 1 aromatic rings. The lowest BCUT2D eigenvalue weighted by Gasteiger charge is -2.32. The van der Waals surface area contributed by atoms with Gasteiger partial charge in [0.05, 0.1) is 18.6 Å². The van der Waals surface area contributed by atoms with Crippen molar-refractivity contribution in [3.63, 3.8) is 0 Å². The Balaban J connectivity index is 1.46. The van der Waals surface area contributed by atoms with Gasteiger partial charge in [0.2, 0.25) is 6.79 Å². The highest BCUT2D eigenvalue weighted by molar-refractivity contribution is 5.98. The van der Waals surface area contributed by atoms with Crippen molar-refractivity contribution in [1.29, 1.82) is 0 Å². The fourth-order valence-corrected chi connectivity index (χ4v) is 5.98. The van der Waals surface area contributed by atoms with E-state index < -0.39 is 36.8 Å². The molecule has 0 unspecified atom stereocenters. The third-order valence-corrected chi connectivity index (χ3v) is 8.48. The fourth-order valence-electron chi connectivity index (χ4n) is 5.98. The summed E-state index contributed by atoms with van der Waals surface area (Å²) in [5.74, 6) is 0.111. The normalized spacial score (nSPS) is 25.2. The number of carbonyl (C=O) groups excluding carboxylic acids is 3. The summed E-state index contributed by atoms with van der Waals surface area (Å²) in [5.41, 5.74) is -0.0629. The minimum atomic E-state index is -0.849. The summed E-state index contributed by atoms with van der Waals surface area (Å²) in [6.45, 7) is 7.78. The van der Waals surface area contributed by atoms with E-state index in [1.165, 1.54) is 44.7 Å². The molecule has 1 amide bonds. The Morgan fingerprint density at radius 1 is 1.05 bits per heavy atom. The molecule has 3 aliphatic rings. The summed E-state index contributed by atoms with van der Waals surface area (Å²) >= 11 is 0. The number of nitrogens with zero attached hydrogens (tertiary/aromatic N) is 1. The van der Waals surface area contributed by atoms with E-state index in [1.54, 1.807) is 26.8 Å². The number of hydrogen-bond donors (Lipinski definition) is 1. The van der Waals surface area contributed by atoms with Crippen LogP contribution in [0, 0.1) is 23.7 Å². The molecular weight excluding hydrogens is 540 g/mol. The molecule has 1 N–H and O–H groups in total. The number of aromatic nitrogens is 1. The second kappa shape index (κ2) is 15.5. The number of ether oxygens (including phenoxy) is 5. The molecule has 1 saturated heterocycles. The molecule has 4 atom stereocenters. The third-order valence-electron chi connectivity index (χ3n) is 8.48. The minimum Gasteiger partial charge on any atom is -0.490 e. The van der Waals surface area contributed by atoms with Gasteiger partial charge in [-0.3, -0.25) is 9.59 Å². The molecule has 10 heteroatoms. The van der Waals surface area contributed by atoms with E-state index in [0.29, 0.717) is 37.4 Å². The fraction of sp³-hybridized carbons (Fsp3) is 0.750. The highest BCUT2D eigenvalue weighted by Gasteiger charge is 2.38. The van der Waals surface area contributed by atoms with Gasteiger partial charge in [0.1, 0.15) is 12.1 Å². The van der Waals surface area contributed by atoms with Crippen molar-refractivity contribution < 1.29 is 38.1 Å². The van der Waals surface area contributed by atoms with Gasteiger partial charge in [-0.1, -0.05) is 46.0 Å². The molecule has 4 rings (SSSR count). The van der Waals surface area contributed by atoms with Gasteiger partial charge in [-0.25, -0.2) is 9.78 Å². The van der Waals surface area contributed by atoms with E-state index in [1.807, 2.05) is 6.92 Å². The van der Waals surface area contributed by atoms with Crippen molar-refractivity contribution >= 4 is 17.8 Å². The zero-order valence-corrected chi connectivity index (χ0v) is 25.6. The maximum absolute atomic E-state index is 13.5. The van der Waals surface area contributed by atoms with Crippen molar-refractivity contribution in [1.82, 2.24) is 10.3 Å². The van der Waals surface area contributed by atoms with Crippen molar-refractivity contribution in [3.8, 4) is 11.5 Å². The summed E-state index contributed by atoms with van der Waals surface area (Å²) in [5, 5.41) is 2.83. The first kappa shape index (κ1) is 32.0. The van der Waals surface area contributed by atoms with Gasteiger partial charge in [0, 0.05) is 18.9 Å². The Labute approximate surface area is 249 Å². The van der Waals surface area contributed by atoms with Crippen molar-refractivity contribution in [2.24, 2.45) is 23.7 Å². The molecule has 0 radical (unpaired) electrons. The summed E-state index contributed by atoms with van der Waals surface area (Å²) in [6, 6.07) is 0.723. The second-order valence-electron chi connectivity index (χ2n) is 12.3.